The fraction of sp³-hybridized carbons (Fsp3) is 0.200. The fourth-order valence-corrected chi connectivity index (χ4v) is 3.37. The van der Waals surface area contributed by atoms with Crippen LogP contribution in [0.2, 0.25) is 0 Å². The molecule has 0 fully saturated rings. The van der Waals surface area contributed by atoms with Crippen molar-refractivity contribution in [2.75, 3.05) is 6.61 Å². The van der Waals surface area contributed by atoms with Gasteiger partial charge in [0.1, 0.15) is 11.6 Å². The summed E-state index contributed by atoms with van der Waals surface area (Å²) in [6, 6.07) is 15.4. The zero-order chi connectivity index (χ0) is 18.5. The summed E-state index contributed by atoms with van der Waals surface area (Å²) in [6.45, 7) is 4.49. The van der Waals surface area contributed by atoms with Gasteiger partial charge in [-0.2, -0.15) is 0 Å². The van der Waals surface area contributed by atoms with Gasteiger partial charge in [0.15, 0.2) is 11.5 Å². The third-order valence-electron chi connectivity index (χ3n) is 3.71. The number of carboxylic acids is 1. The Kier molecular flexibility index (Phi) is 5.53. The molecule has 3 aromatic rings. The number of rotatable bonds is 7. The number of nitrogens with zero attached hydrogens (tertiary/aromatic N) is 1. The number of carbonyl (C=O) groups excluding carboxylic acids is 1. The summed E-state index contributed by atoms with van der Waals surface area (Å²) in [5.74, 6) is 0.0238. The minimum Gasteiger partial charge on any atom is -0.544 e. The highest BCUT2D eigenvalue weighted by atomic mass is 32.1. The van der Waals surface area contributed by atoms with Gasteiger partial charge in [-0.05, 0) is 37.6 Å². The number of benzene rings is 2. The van der Waals surface area contributed by atoms with Crippen molar-refractivity contribution in [3.8, 4) is 22.1 Å². The summed E-state index contributed by atoms with van der Waals surface area (Å²) in [6.07, 6.45) is 0. The second-order valence-electron chi connectivity index (χ2n) is 5.59. The van der Waals surface area contributed by atoms with Crippen molar-refractivity contribution in [2.24, 2.45) is 0 Å². The lowest BCUT2D eigenvalue weighted by Gasteiger charge is -2.13. The minimum atomic E-state index is -1.21. The molecule has 2 aromatic carbocycles. The quantitative estimate of drug-likeness (QED) is 0.639. The van der Waals surface area contributed by atoms with Crippen LogP contribution in [-0.2, 0) is 6.61 Å². The molecule has 0 saturated heterocycles. The van der Waals surface area contributed by atoms with E-state index < -0.39 is 5.97 Å². The molecule has 0 aliphatic rings. The number of hydrogen-bond acceptors (Lipinski definition) is 6. The molecule has 0 aliphatic heterocycles. The fourth-order valence-electron chi connectivity index (χ4n) is 2.47. The molecule has 0 aliphatic carbocycles. The lowest BCUT2D eigenvalue weighted by atomic mass is 10.2. The number of thiazole rings is 1. The van der Waals surface area contributed by atoms with Gasteiger partial charge in [-0.25, -0.2) is 4.98 Å². The van der Waals surface area contributed by atoms with Gasteiger partial charge in [0.25, 0.3) is 0 Å². The predicted molar refractivity (Wildman–Crippen MR) is 98.6 cm³/mol. The van der Waals surface area contributed by atoms with Gasteiger partial charge < -0.3 is 19.4 Å². The Morgan fingerprint density at radius 3 is 2.54 bits per heavy atom. The summed E-state index contributed by atoms with van der Waals surface area (Å²) in [5.41, 5.74) is 2.29. The van der Waals surface area contributed by atoms with Crippen LogP contribution in [0.4, 0.5) is 0 Å². The molecule has 0 atom stereocenters. The lowest BCUT2D eigenvalue weighted by molar-refractivity contribution is -0.254. The first-order chi connectivity index (χ1) is 12.6. The molecule has 0 spiro atoms. The average Bonchev–Trinajstić information content (AvgIpc) is 3.04. The highest BCUT2D eigenvalue weighted by Gasteiger charge is 2.13. The summed E-state index contributed by atoms with van der Waals surface area (Å²) >= 11 is 1.09. The van der Waals surface area contributed by atoms with E-state index in [1.807, 2.05) is 55.5 Å². The van der Waals surface area contributed by atoms with Gasteiger partial charge in [0, 0.05) is 5.56 Å². The van der Waals surface area contributed by atoms with Crippen molar-refractivity contribution in [2.45, 2.75) is 20.5 Å². The number of aromatic nitrogens is 1. The van der Waals surface area contributed by atoms with Crippen molar-refractivity contribution in [3.63, 3.8) is 0 Å². The van der Waals surface area contributed by atoms with Gasteiger partial charge in [-0.1, -0.05) is 30.3 Å². The van der Waals surface area contributed by atoms with Crippen LogP contribution >= 0.6 is 11.3 Å². The molecule has 0 saturated carbocycles. The summed E-state index contributed by atoms with van der Waals surface area (Å²) in [5, 5.41) is 11.7. The molecule has 134 valence electrons. The number of aromatic carboxylic acids is 1. The SMILES string of the molecule is CCOc1cc(-c2nc(C)c(C(=O)[O-])s2)ccc1OCc1ccccc1. The van der Waals surface area contributed by atoms with Crippen LogP contribution in [0, 0.1) is 6.92 Å². The number of hydrogen-bond donors (Lipinski definition) is 0. The highest BCUT2D eigenvalue weighted by Crippen LogP contribution is 2.35. The summed E-state index contributed by atoms with van der Waals surface area (Å²) in [7, 11) is 0. The lowest BCUT2D eigenvalue weighted by Crippen LogP contribution is -2.21. The van der Waals surface area contributed by atoms with Gasteiger partial charge in [-0.3, -0.25) is 0 Å². The zero-order valence-corrected chi connectivity index (χ0v) is 15.3. The minimum absolute atomic E-state index is 0.141. The second-order valence-corrected chi connectivity index (χ2v) is 6.59. The maximum absolute atomic E-state index is 11.1. The van der Waals surface area contributed by atoms with Crippen LogP contribution in [0.1, 0.15) is 27.9 Å². The van der Waals surface area contributed by atoms with E-state index in [-0.39, 0.29) is 4.88 Å². The first-order valence-electron chi connectivity index (χ1n) is 8.21. The number of carboxylic acid groups (broad SMARTS) is 1. The monoisotopic (exact) mass is 368 g/mol. The molecule has 0 amide bonds. The van der Waals surface area contributed by atoms with E-state index in [1.54, 1.807) is 6.92 Å². The smallest absolute Gasteiger partial charge is 0.161 e. The molecule has 6 heteroatoms. The van der Waals surface area contributed by atoms with Crippen LogP contribution in [-0.4, -0.2) is 17.6 Å². The largest absolute Gasteiger partial charge is 0.544 e. The normalized spacial score (nSPS) is 10.5. The van der Waals surface area contributed by atoms with Crippen LogP contribution in [0.25, 0.3) is 10.6 Å². The third kappa shape index (κ3) is 4.03. The predicted octanol–water partition coefficient (Wildman–Crippen LogP) is 3.46. The van der Waals surface area contributed by atoms with E-state index in [2.05, 4.69) is 4.98 Å². The average molecular weight is 368 g/mol. The van der Waals surface area contributed by atoms with Crippen LogP contribution < -0.4 is 14.6 Å². The third-order valence-corrected chi connectivity index (χ3v) is 4.90. The molecule has 5 nitrogen and oxygen atoms in total. The van der Waals surface area contributed by atoms with Crippen LogP contribution in [0.3, 0.4) is 0 Å². The van der Waals surface area contributed by atoms with Gasteiger partial charge in [0.05, 0.1) is 23.1 Å². The maximum atomic E-state index is 11.1. The van der Waals surface area contributed by atoms with Gasteiger partial charge in [-0.15, -0.1) is 11.3 Å². The molecule has 0 bridgehead atoms. The molecular weight excluding hydrogens is 350 g/mol. The molecular formula is C20H18NO4S-. The Hall–Kier alpha value is -2.86. The van der Waals surface area contributed by atoms with Crippen molar-refractivity contribution in [1.29, 1.82) is 0 Å². The van der Waals surface area contributed by atoms with Crippen molar-refractivity contribution < 1.29 is 19.4 Å². The molecule has 0 radical (unpaired) electrons. The second kappa shape index (κ2) is 8.01. The van der Waals surface area contributed by atoms with E-state index in [1.165, 1.54) is 0 Å². The van der Waals surface area contributed by atoms with E-state index in [9.17, 15) is 9.90 Å². The Morgan fingerprint density at radius 1 is 1.12 bits per heavy atom. The Morgan fingerprint density at radius 2 is 1.88 bits per heavy atom. The number of ether oxygens (including phenoxy) is 2. The van der Waals surface area contributed by atoms with Gasteiger partial charge in [0.2, 0.25) is 0 Å². The number of aryl methyl sites for hydroxylation is 1. The summed E-state index contributed by atoms with van der Waals surface area (Å²) < 4.78 is 11.6. The Bertz CT molecular complexity index is 905. The number of carbonyl (C=O) groups is 1. The topological polar surface area (TPSA) is 71.5 Å². The Labute approximate surface area is 155 Å². The van der Waals surface area contributed by atoms with Crippen LogP contribution in [0.5, 0.6) is 11.5 Å². The van der Waals surface area contributed by atoms with Crippen molar-refractivity contribution in [1.82, 2.24) is 4.98 Å². The molecule has 1 aromatic heterocycles. The van der Waals surface area contributed by atoms with Crippen molar-refractivity contribution >= 4 is 17.3 Å². The van der Waals surface area contributed by atoms with E-state index in [0.29, 0.717) is 35.4 Å². The molecule has 0 unspecified atom stereocenters. The zero-order valence-electron chi connectivity index (χ0n) is 14.5. The molecule has 0 N–H and O–H groups in total. The summed E-state index contributed by atoms with van der Waals surface area (Å²) in [4.78, 5) is 15.6. The van der Waals surface area contributed by atoms with Crippen LogP contribution in [0.15, 0.2) is 48.5 Å². The Balaban J connectivity index is 1.86. The van der Waals surface area contributed by atoms with Crippen molar-refractivity contribution in [3.05, 3.63) is 64.7 Å². The van der Waals surface area contributed by atoms with Gasteiger partial charge >= 0.3 is 0 Å². The molecule has 26 heavy (non-hydrogen) atoms. The molecule has 3 rings (SSSR count). The van der Waals surface area contributed by atoms with E-state index in [4.69, 9.17) is 9.47 Å². The maximum Gasteiger partial charge on any atom is 0.161 e. The highest BCUT2D eigenvalue weighted by molar-refractivity contribution is 7.17. The van der Waals surface area contributed by atoms with E-state index >= 15 is 0 Å². The molecule has 1 heterocycles. The first kappa shape index (κ1) is 17.9. The first-order valence-corrected chi connectivity index (χ1v) is 9.03. The van der Waals surface area contributed by atoms with E-state index in [0.717, 1.165) is 22.5 Å². The standard InChI is InChI=1S/C20H19NO4S/c1-3-24-17-11-15(19-21-13(2)18(26-19)20(22)23)9-10-16(17)25-12-14-7-5-4-6-8-14/h4-11H,3,12H2,1-2H3,(H,22,23)/p-1.